The number of rotatable bonds is 4. The Morgan fingerprint density at radius 1 is 1.41 bits per heavy atom. The Kier molecular flexibility index (Phi) is 5.02. The zero-order valence-electron chi connectivity index (χ0n) is 8.78. The van der Waals surface area contributed by atoms with Crippen LogP contribution in [0.3, 0.4) is 0 Å². The molecule has 94 valence electrons. The molecule has 0 aliphatic heterocycles. The predicted molar refractivity (Wildman–Crippen MR) is 80.9 cm³/mol. The van der Waals surface area contributed by atoms with E-state index in [0.717, 1.165) is 0 Å². The molecule has 1 aromatic carbocycles. The molecule has 7 heteroatoms. The van der Waals surface area contributed by atoms with Gasteiger partial charge in [-0.25, -0.2) is 8.42 Å². The number of benzene rings is 1. The van der Waals surface area contributed by atoms with Crippen molar-refractivity contribution in [3.8, 4) is 0 Å². The molecule has 0 aliphatic rings. The van der Waals surface area contributed by atoms with Crippen LogP contribution >= 0.6 is 50.1 Å². The second-order valence-corrected chi connectivity index (χ2v) is 11.7. The quantitative estimate of drug-likeness (QED) is 0.400. The summed E-state index contributed by atoms with van der Waals surface area (Å²) < 4.78 is 22.0. The van der Waals surface area contributed by atoms with Gasteiger partial charge in [0.1, 0.15) is 0 Å². The van der Waals surface area contributed by atoms with E-state index in [-0.39, 0.29) is 5.75 Å². The smallest absolute Gasteiger partial charge is 0.239 e. The number of Topliss-reactive ketones (excluding diaryl/α,β-unsaturated/α-hetero) is 1. The molecular weight excluding hydrogens is 442 g/mol. The Hall–Kier alpha value is 0.340. The van der Waals surface area contributed by atoms with E-state index in [1.54, 1.807) is 34.7 Å². The van der Waals surface area contributed by atoms with Gasteiger partial charge in [-0.15, -0.1) is 0 Å². The summed E-state index contributed by atoms with van der Waals surface area (Å²) in [5.74, 6) is -0.614. The van der Waals surface area contributed by atoms with Crippen molar-refractivity contribution in [3.05, 3.63) is 34.9 Å². The summed E-state index contributed by atoms with van der Waals surface area (Å²) in [4.78, 5) is 12.1. The van der Waals surface area contributed by atoms with Gasteiger partial charge in [-0.3, -0.25) is 4.79 Å². The molecule has 0 N–H and O–H groups in total. The molecule has 0 spiro atoms. The number of hydrogen-bond donors (Lipinski definition) is 0. The molecule has 1 atom stereocenters. The van der Waals surface area contributed by atoms with Crippen LogP contribution in [0.25, 0.3) is 0 Å². The van der Waals surface area contributed by atoms with Crippen molar-refractivity contribution in [2.75, 3.05) is 5.75 Å². The molecule has 0 unspecified atom stereocenters. The molecule has 0 heterocycles. The summed E-state index contributed by atoms with van der Waals surface area (Å²) in [6, 6.07) is 6.11. The van der Waals surface area contributed by atoms with Gasteiger partial charge < -0.3 is 0 Å². The Morgan fingerprint density at radius 2 is 1.88 bits per heavy atom. The summed E-state index contributed by atoms with van der Waals surface area (Å²) in [5, 5.41) is 0.494. The van der Waals surface area contributed by atoms with Crippen LogP contribution in [-0.2, 0) is 9.84 Å². The highest BCUT2D eigenvalue weighted by molar-refractivity contribution is 14.1. The van der Waals surface area contributed by atoms with Crippen LogP contribution in [0.4, 0.5) is 0 Å². The number of hydrogen-bond acceptors (Lipinski definition) is 3. The van der Waals surface area contributed by atoms with Crippen LogP contribution in [0.15, 0.2) is 24.3 Å². The molecule has 0 amide bonds. The van der Waals surface area contributed by atoms with Crippen molar-refractivity contribution in [1.82, 2.24) is 0 Å². The molecule has 0 saturated heterocycles. The summed E-state index contributed by atoms with van der Waals surface area (Å²) in [5.41, 5.74) is 0.303. The van der Waals surface area contributed by atoms with Crippen molar-refractivity contribution >= 4 is 65.7 Å². The molecule has 0 fully saturated rings. The first-order valence-corrected chi connectivity index (χ1v) is 8.53. The van der Waals surface area contributed by atoms with Crippen LogP contribution in [0, 0.1) is 0 Å². The highest BCUT2D eigenvalue weighted by Crippen LogP contribution is 2.37. The van der Waals surface area contributed by atoms with Gasteiger partial charge >= 0.3 is 0 Å². The van der Waals surface area contributed by atoms with Crippen LogP contribution in [-0.4, -0.2) is 21.6 Å². The molecule has 3 nitrogen and oxygen atoms in total. The van der Waals surface area contributed by atoms with Crippen LogP contribution in [0.1, 0.15) is 17.3 Å². The maximum Gasteiger partial charge on any atom is 0.239 e. The third kappa shape index (κ3) is 3.21. The van der Waals surface area contributed by atoms with E-state index < -0.39 is 17.3 Å². The molecule has 0 aromatic heterocycles. The van der Waals surface area contributed by atoms with E-state index in [2.05, 4.69) is 15.9 Å². The van der Waals surface area contributed by atoms with E-state index in [9.17, 15) is 13.2 Å². The summed E-state index contributed by atoms with van der Waals surface area (Å²) in [7, 11) is -3.53. The molecule has 0 aliphatic carbocycles. The van der Waals surface area contributed by atoms with Crippen molar-refractivity contribution in [1.29, 1.82) is 0 Å². The molecule has 17 heavy (non-hydrogen) atoms. The monoisotopic (exact) mass is 450 g/mol. The largest absolute Gasteiger partial charge is 0.290 e. The first kappa shape index (κ1) is 15.4. The Bertz CT molecular complexity index is 525. The summed E-state index contributed by atoms with van der Waals surface area (Å²) in [6.07, 6.45) is 0. The number of ketones is 1. The summed E-state index contributed by atoms with van der Waals surface area (Å²) in [6.45, 7) is 1.50. The fraction of sp³-hybridized carbons (Fsp3) is 0.300. The number of sulfone groups is 1. The van der Waals surface area contributed by atoms with Crippen LogP contribution < -0.4 is 0 Å². The molecular formula is C10H9BrClIO3S. The van der Waals surface area contributed by atoms with E-state index in [1.807, 2.05) is 0 Å². The second-order valence-electron chi connectivity index (χ2n) is 3.26. The van der Waals surface area contributed by atoms with Crippen molar-refractivity contribution < 1.29 is 13.2 Å². The lowest BCUT2D eigenvalue weighted by Gasteiger charge is -2.18. The summed E-state index contributed by atoms with van der Waals surface area (Å²) >= 11 is 10.3. The van der Waals surface area contributed by atoms with Gasteiger partial charge in [0.2, 0.25) is 7.45 Å². The van der Waals surface area contributed by atoms with Gasteiger partial charge in [0.05, 0.1) is 5.75 Å². The van der Waals surface area contributed by atoms with Crippen molar-refractivity contribution in [2.24, 2.45) is 0 Å². The van der Waals surface area contributed by atoms with Gasteiger partial charge in [0, 0.05) is 10.6 Å². The highest BCUT2D eigenvalue weighted by Gasteiger charge is 2.45. The maximum atomic E-state index is 12.1. The lowest BCUT2D eigenvalue weighted by atomic mass is 10.1. The number of alkyl halides is 2. The lowest BCUT2D eigenvalue weighted by Crippen LogP contribution is -2.35. The number of halogens is 3. The standard InChI is InChI=1S/C10H9BrClIO3S/c1-2-17(15,16)10(11,13)9(14)7-3-5-8(12)6-4-7/h3-6H,2H2,1H3/t10-/m1/s1. The van der Waals surface area contributed by atoms with E-state index in [1.165, 1.54) is 19.1 Å². The van der Waals surface area contributed by atoms with Gasteiger partial charge in [-0.05, 0) is 62.8 Å². The number of carbonyl (C=O) groups excluding carboxylic acids is 1. The van der Waals surface area contributed by atoms with Gasteiger partial charge in [0.15, 0.2) is 9.84 Å². The maximum absolute atomic E-state index is 12.1. The third-order valence-corrected chi connectivity index (χ3v) is 8.46. The Balaban J connectivity index is 3.18. The van der Waals surface area contributed by atoms with Crippen molar-refractivity contribution in [2.45, 2.75) is 8.59 Å². The lowest BCUT2D eigenvalue weighted by molar-refractivity contribution is 0.101. The molecule has 0 radical (unpaired) electrons. The van der Waals surface area contributed by atoms with Crippen LogP contribution in [0.5, 0.6) is 0 Å². The minimum atomic E-state index is -3.53. The zero-order valence-corrected chi connectivity index (χ0v) is 14.1. The molecule has 1 rings (SSSR count). The normalized spacial score (nSPS) is 15.3. The van der Waals surface area contributed by atoms with Crippen LogP contribution in [0.2, 0.25) is 5.02 Å². The second kappa shape index (κ2) is 5.54. The average molecular weight is 452 g/mol. The fourth-order valence-corrected chi connectivity index (χ4v) is 4.14. The van der Waals surface area contributed by atoms with Gasteiger partial charge in [-0.1, -0.05) is 18.5 Å². The van der Waals surface area contributed by atoms with Crippen molar-refractivity contribution in [3.63, 3.8) is 0 Å². The highest BCUT2D eigenvalue weighted by atomic mass is 127. The van der Waals surface area contributed by atoms with E-state index >= 15 is 0 Å². The minimum Gasteiger partial charge on any atom is -0.290 e. The minimum absolute atomic E-state index is 0.111. The SMILES string of the molecule is CCS(=O)(=O)[C@](Br)(I)C(=O)c1ccc(Cl)cc1. The third-order valence-electron chi connectivity index (χ3n) is 2.14. The average Bonchev–Trinajstić information content (AvgIpc) is 2.28. The number of carbonyl (C=O) groups is 1. The molecule has 0 bridgehead atoms. The topological polar surface area (TPSA) is 51.2 Å². The van der Waals surface area contributed by atoms with E-state index in [0.29, 0.717) is 10.6 Å². The predicted octanol–water partition coefficient (Wildman–Crippen LogP) is 3.44. The molecule has 0 saturated carbocycles. The van der Waals surface area contributed by atoms with Gasteiger partial charge in [-0.2, -0.15) is 0 Å². The van der Waals surface area contributed by atoms with E-state index in [4.69, 9.17) is 11.6 Å². The van der Waals surface area contributed by atoms with Gasteiger partial charge in [0.25, 0.3) is 0 Å². The first-order chi connectivity index (χ1) is 7.72. The molecule has 1 aromatic rings. The first-order valence-electron chi connectivity index (χ1n) is 4.63. The fourth-order valence-electron chi connectivity index (χ4n) is 1.09. The zero-order chi connectivity index (χ0) is 13.3. The Morgan fingerprint density at radius 3 is 2.29 bits per heavy atom. The Labute approximate surface area is 127 Å².